The van der Waals surface area contributed by atoms with E-state index in [0.29, 0.717) is 5.56 Å². The lowest BCUT2D eigenvalue weighted by Crippen LogP contribution is -2.23. The molecule has 1 aromatic heterocycles. The van der Waals surface area contributed by atoms with Gasteiger partial charge in [-0.15, -0.1) is 0 Å². The van der Waals surface area contributed by atoms with Gasteiger partial charge in [-0.2, -0.15) is 0 Å². The SMILES string of the molecule is Cc1ccc(C(=O)Cn2cc([N+](=O)[O-])ccc2=O)cc1C. The van der Waals surface area contributed by atoms with Crippen molar-refractivity contribution in [1.29, 1.82) is 0 Å². The van der Waals surface area contributed by atoms with Crippen LogP contribution in [-0.2, 0) is 6.54 Å². The van der Waals surface area contributed by atoms with E-state index in [1.54, 1.807) is 12.1 Å². The molecule has 6 heteroatoms. The molecule has 0 atom stereocenters. The number of carbonyl (C=O) groups is 1. The Morgan fingerprint density at radius 2 is 1.90 bits per heavy atom. The van der Waals surface area contributed by atoms with Crippen molar-refractivity contribution in [2.45, 2.75) is 20.4 Å². The van der Waals surface area contributed by atoms with Crippen LogP contribution >= 0.6 is 0 Å². The highest BCUT2D eigenvalue weighted by atomic mass is 16.6. The molecule has 21 heavy (non-hydrogen) atoms. The van der Waals surface area contributed by atoms with E-state index in [9.17, 15) is 19.7 Å². The van der Waals surface area contributed by atoms with Crippen LogP contribution in [0.1, 0.15) is 21.5 Å². The van der Waals surface area contributed by atoms with Crippen molar-refractivity contribution >= 4 is 11.5 Å². The van der Waals surface area contributed by atoms with Crippen LogP contribution in [-0.4, -0.2) is 15.3 Å². The Balaban J connectivity index is 2.31. The van der Waals surface area contributed by atoms with Crippen LogP contribution < -0.4 is 5.56 Å². The van der Waals surface area contributed by atoms with Crippen LogP contribution in [0.25, 0.3) is 0 Å². The predicted molar refractivity (Wildman–Crippen MR) is 77.6 cm³/mol. The molecular weight excluding hydrogens is 272 g/mol. The number of ketones is 1. The molecule has 2 rings (SSSR count). The van der Waals surface area contributed by atoms with Gasteiger partial charge in [0.1, 0.15) is 0 Å². The maximum Gasteiger partial charge on any atom is 0.285 e. The number of Topliss-reactive ketones (excluding diaryl/α,β-unsaturated/α-hetero) is 1. The molecule has 0 aliphatic rings. The summed E-state index contributed by atoms with van der Waals surface area (Å²) < 4.78 is 1.05. The summed E-state index contributed by atoms with van der Waals surface area (Å²) in [6, 6.07) is 7.48. The lowest BCUT2D eigenvalue weighted by atomic mass is 10.0. The van der Waals surface area contributed by atoms with Crippen LogP contribution in [0.15, 0.2) is 41.3 Å². The molecule has 0 saturated carbocycles. The van der Waals surface area contributed by atoms with Crippen molar-refractivity contribution in [3.8, 4) is 0 Å². The van der Waals surface area contributed by atoms with E-state index < -0.39 is 10.5 Å². The largest absolute Gasteiger partial charge is 0.301 e. The second-order valence-corrected chi connectivity index (χ2v) is 4.83. The number of nitro groups is 1. The van der Waals surface area contributed by atoms with E-state index in [-0.39, 0.29) is 18.0 Å². The summed E-state index contributed by atoms with van der Waals surface area (Å²) in [5.41, 5.74) is 1.86. The Morgan fingerprint density at radius 1 is 1.19 bits per heavy atom. The van der Waals surface area contributed by atoms with Gasteiger partial charge in [0.05, 0.1) is 17.7 Å². The third-order valence-corrected chi connectivity index (χ3v) is 3.32. The molecule has 0 fully saturated rings. The third-order valence-electron chi connectivity index (χ3n) is 3.32. The molecule has 0 N–H and O–H groups in total. The van der Waals surface area contributed by atoms with Gasteiger partial charge in [-0.1, -0.05) is 12.1 Å². The number of carbonyl (C=O) groups excluding carboxylic acids is 1. The van der Waals surface area contributed by atoms with Crippen LogP contribution in [0.3, 0.4) is 0 Å². The predicted octanol–water partition coefficient (Wildman–Crippen LogP) is 2.26. The van der Waals surface area contributed by atoms with E-state index in [1.807, 2.05) is 19.9 Å². The lowest BCUT2D eigenvalue weighted by molar-refractivity contribution is -0.385. The molecule has 0 aliphatic heterocycles. The number of rotatable bonds is 4. The quantitative estimate of drug-likeness (QED) is 0.490. The zero-order valence-corrected chi connectivity index (χ0v) is 11.7. The summed E-state index contributed by atoms with van der Waals surface area (Å²) in [4.78, 5) is 34.0. The molecule has 1 aromatic carbocycles. The standard InChI is InChI=1S/C15H14N2O4/c1-10-3-4-12(7-11(10)2)14(18)9-16-8-13(17(20)21)5-6-15(16)19/h3-8H,9H2,1-2H3. The first-order chi connectivity index (χ1) is 9.88. The fraction of sp³-hybridized carbons (Fsp3) is 0.200. The molecule has 0 amide bonds. The molecule has 0 saturated heterocycles. The van der Waals surface area contributed by atoms with Gasteiger partial charge in [0.2, 0.25) is 0 Å². The number of pyridine rings is 1. The third kappa shape index (κ3) is 3.22. The molecule has 0 bridgehead atoms. The minimum absolute atomic E-state index is 0.219. The molecule has 0 radical (unpaired) electrons. The Morgan fingerprint density at radius 3 is 2.52 bits per heavy atom. The van der Waals surface area contributed by atoms with Crippen LogP contribution in [0.2, 0.25) is 0 Å². The Kier molecular flexibility index (Phi) is 3.98. The van der Waals surface area contributed by atoms with Gasteiger partial charge in [0.25, 0.3) is 11.2 Å². The summed E-state index contributed by atoms with van der Waals surface area (Å²) in [6.45, 7) is 3.61. The highest BCUT2D eigenvalue weighted by Crippen LogP contribution is 2.12. The van der Waals surface area contributed by atoms with Gasteiger partial charge in [0, 0.05) is 17.7 Å². The fourth-order valence-corrected chi connectivity index (χ4v) is 1.91. The van der Waals surface area contributed by atoms with Gasteiger partial charge in [-0.3, -0.25) is 19.7 Å². The minimum Gasteiger partial charge on any atom is -0.301 e. The maximum absolute atomic E-state index is 12.2. The topological polar surface area (TPSA) is 82.2 Å². The summed E-state index contributed by atoms with van der Waals surface area (Å²) in [7, 11) is 0. The number of aromatic nitrogens is 1. The number of hydrogen-bond acceptors (Lipinski definition) is 4. The summed E-state index contributed by atoms with van der Waals surface area (Å²) >= 11 is 0. The van der Waals surface area contributed by atoms with Gasteiger partial charge < -0.3 is 4.57 Å². The Bertz CT molecular complexity index is 777. The van der Waals surface area contributed by atoms with Crippen molar-refractivity contribution in [2.75, 3.05) is 0 Å². The van der Waals surface area contributed by atoms with Crippen molar-refractivity contribution in [2.24, 2.45) is 0 Å². The molecule has 2 aromatic rings. The molecule has 0 aliphatic carbocycles. The first-order valence-electron chi connectivity index (χ1n) is 6.34. The second kappa shape index (κ2) is 5.70. The smallest absolute Gasteiger partial charge is 0.285 e. The summed E-state index contributed by atoms with van der Waals surface area (Å²) in [5, 5.41) is 10.7. The molecular formula is C15H14N2O4. The first kappa shape index (κ1) is 14.6. The van der Waals surface area contributed by atoms with Gasteiger partial charge in [-0.25, -0.2) is 0 Å². The molecule has 6 nitrogen and oxygen atoms in total. The molecule has 0 spiro atoms. The Labute approximate surface area is 120 Å². The monoisotopic (exact) mass is 286 g/mol. The maximum atomic E-state index is 12.2. The van der Waals surface area contributed by atoms with E-state index in [0.717, 1.165) is 34.0 Å². The number of benzene rings is 1. The highest BCUT2D eigenvalue weighted by molar-refractivity contribution is 5.96. The van der Waals surface area contributed by atoms with E-state index in [2.05, 4.69) is 0 Å². The molecule has 1 heterocycles. The number of aryl methyl sites for hydroxylation is 2. The first-order valence-corrected chi connectivity index (χ1v) is 6.34. The Hall–Kier alpha value is -2.76. The van der Waals surface area contributed by atoms with Gasteiger partial charge in [-0.05, 0) is 31.0 Å². The van der Waals surface area contributed by atoms with Crippen LogP contribution in [0.4, 0.5) is 5.69 Å². The van der Waals surface area contributed by atoms with Crippen LogP contribution in [0, 0.1) is 24.0 Å². The normalized spacial score (nSPS) is 10.4. The number of hydrogen-bond donors (Lipinski definition) is 0. The number of nitrogens with zero attached hydrogens (tertiary/aromatic N) is 2. The minimum atomic E-state index is -0.601. The lowest BCUT2D eigenvalue weighted by Gasteiger charge is -2.06. The van der Waals surface area contributed by atoms with Crippen LogP contribution in [0.5, 0.6) is 0 Å². The van der Waals surface area contributed by atoms with Crippen molar-refractivity contribution in [1.82, 2.24) is 4.57 Å². The van der Waals surface area contributed by atoms with Crippen molar-refractivity contribution in [3.05, 3.63) is 73.7 Å². The fourth-order valence-electron chi connectivity index (χ4n) is 1.91. The molecule has 108 valence electrons. The van der Waals surface area contributed by atoms with E-state index >= 15 is 0 Å². The summed E-state index contributed by atoms with van der Waals surface area (Å²) in [5.74, 6) is -0.263. The van der Waals surface area contributed by atoms with Crippen molar-refractivity contribution in [3.63, 3.8) is 0 Å². The summed E-state index contributed by atoms with van der Waals surface area (Å²) in [6.07, 6.45) is 1.08. The average Bonchev–Trinajstić information content (AvgIpc) is 2.43. The van der Waals surface area contributed by atoms with Gasteiger partial charge in [0.15, 0.2) is 5.78 Å². The van der Waals surface area contributed by atoms with Crippen molar-refractivity contribution < 1.29 is 9.72 Å². The molecule has 0 unspecified atom stereocenters. The highest BCUT2D eigenvalue weighted by Gasteiger charge is 2.12. The second-order valence-electron chi connectivity index (χ2n) is 4.83. The zero-order chi connectivity index (χ0) is 15.6. The van der Waals surface area contributed by atoms with E-state index in [4.69, 9.17) is 0 Å². The van der Waals surface area contributed by atoms with Gasteiger partial charge >= 0.3 is 0 Å². The van der Waals surface area contributed by atoms with E-state index in [1.165, 1.54) is 0 Å². The zero-order valence-electron chi connectivity index (χ0n) is 11.7. The average molecular weight is 286 g/mol.